The Morgan fingerprint density at radius 2 is 1.85 bits per heavy atom. The van der Waals surface area contributed by atoms with Crippen molar-refractivity contribution in [2.45, 2.75) is 52.0 Å². The van der Waals surface area contributed by atoms with E-state index in [1.54, 1.807) is 0 Å². The number of hydrogen-bond acceptors (Lipinski definition) is 1. The highest BCUT2D eigenvalue weighted by Crippen LogP contribution is 2.32. The van der Waals surface area contributed by atoms with Crippen LogP contribution in [-0.4, -0.2) is 12.6 Å². The summed E-state index contributed by atoms with van der Waals surface area (Å²) >= 11 is 0. The van der Waals surface area contributed by atoms with Crippen molar-refractivity contribution in [3.05, 3.63) is 0 Å². The van der Waals surface area contributed by atoms with Crippen LogP contribution in [0.3, 0.4) is 0 Å². The van der Waals surface area contributed by atoms with Gasteiger partial charge in [-0.1, -0.05) is 20.3 Å². The first kappa shape index (κ1) is 9.51. The van der Waals surface area contributed by atoms with Gasteiger partial charge in [-0.3, -0.25) is 0 Å². The van der Waals surface area contributed by atoms with Crippen molar-refractivity contribution in [2.24, 2.45) is 17.8 Å². The SMILES string of the molecule is CC1CCC(NCC2CCC2)C1C. The normalized spacial score (nSPS) is 40.6. The van der Waals surface area contributed by atoms with Crippen LogP contribution < -0.4 is 5.32 Å². The van der Waals surface area contributed by atoms with Crippen molar-refractivity contribution in [3.8, 4) is 0 Å². The first-order chi connectivity index (χ1) is 6.27. The van der Waals surface area contributed by atoms with Crippen molar-refractivity contribution in [2.75, 3.05) is 6.54 Å². The molecule has 0 heterocycles. The number of hydrogen-bond donors (Lipinski definition) is 1. The third kappa shape index (κ3) is 2.07. The largest absolute Gasteiger partial charge is 0.313 e. The molecule has 0 aliphatic heterocycles. The molecule has 2 rings (SSSR count). The fourth-order valence-corrected chi connectivity index (χ4v) is 2.67. The van der Waals surface area contributed by atoms with Gasteiger partial charge in [0.25, 0.3) is 0 Å². The minimum atomic E-state index is 0.829. The average molecular weight is 181 g/mol. The third-order valence-electron chi connectivity index (χ3n) is 4.36. The molecule has 3 unspecified atom stereocenters. The predicted molar refractivity (Wildman–Crippen MR) is 56.7 cm³/mol. The molecule has 0 aromatic heterocycles. The molecule has 2 aliphatic rings. The summed E-state index contributed by atoms with van der Waals surface area (Å²) in [5.41, 5.74) is 0. The number of rotatable bonds is 3. The van der Waals surface area contributed by atoms with Crippen LogP contribution in [0.4, 0.5) is 0 Å². The Morgan fingerprint density at radius 3 is 2.31 bits per heavy atom. The molecule has 1 nitrogen and oxygen atoms in total. The van der Waals surface area contributed by atoms with Crippen LogP contribution in [0.15, 0.2) is 0 Å². The van der Waals surface area contributed by atoms with E-state index < -0.39 is 0 Å². The molecule has 2 saturated carbocycles. The van der Waals surface area contributed by atoms with E-state index in [0.717, 1.165) is 23.8 Å². The van der Waals surface area contributed by atoms with Crippen molar-refractivity contribution in [1.29, 1.82) is 0 Å². The molecule has 0 spiro atoms. The molecule has 0 aromatic carbocycles. The van der Waals surface area contributed by atoms with Gasteiger partial charge in [-0.15, -0.1) is 0 Å². The molecule has 76 valence electrons. The lowest BCUT2D eigenvalue weighted by atomic mass is 9.85. The average Bonchev–Trinajstić information content (AvgIpc) is 2.33. The molecule has 0 amide bonds. The molecule has 0 bridgehead atoms. The van der Waals surface area contributed by atoms with E-state index >= 15 is 0 Å². The van der Waals surface area contributed by atoms with Gasteiger partial charge in [0.1, 0.15) is 0 Å². The molecule has 0 saturated heterocycles. The van der Waals surface area contributed by atoms with Gasteiger partial charge in [-0.2, -0.15) is 0 Å². The maximum absolute atomic E-state index is 3.76. The molecular formula is C12H23N. The zero-order valence-corrected chi connectivity index (χ0v) is 9.05. The van der Waals surface area contributed by atoms with Crippen LogP contribution in [0, 0.1) is 17.8 Å². The molecule has 2 fully saturated rings. The summed E-state index contributed by atoms with van der Waals surface area (Å²) in [5, 5.41) is 3.76. The topological polar surface area (TPSA) is 12.0 Å². The summed E-state index contributed by atoms with van der Waals surface area (Å²) in [7, 11) is 0. The molecule has 1 N–H and O–H groups in total. The molecule has 13 heavy (non-hydrogen) atoms. The highest BCUT2D eigenvalue weighted by molar-refractivity contribution is 4.86. The van der Waals surface area contributed by atoms with Crippen molar-refractivity contribution >= 4 is 0 Å². The Balaban J connectivity index is 1.69. The van der Waals surface area contributed by atoms with Crippen LogP contribution in [0.25, 0.3) is 0 Å². The van der Waals surface area contributed by atoms with E-state index in [9.17, 15) is 0 Å². The smallest absolute Gasteiger partial charge is 0.00954 e. The molecule has 2 aliphatic carbocycles. The fraction of sp³-hybridized carbons (Fsp3) is 1.00. The molecule has 0 radical (unpaired) electrons. The second kappa shape index (κ2) is 4.00. The maximum Gasteiger partial charge on any atom is 0.00954 e. The van der Waals surface area contributed by atoms with E-state index in [2.05, 4.69) is 19.2 Å². The minimum absolute atomic E-state index is 0.829. The summed E-state index contributed by atoms with van der Waals surface area (Å²) < 4.78 is 0. The summed E-state index contributed by atoms with van der Waals surface area (Å²) in [4.78, 5) is 0. The molecule has 3 atom stereocenters. The summed E-state index contributed by atoms with van der Waals surface area (Å²) in [6.07, 6.45) is 7.27. The van der Waals surface area contributed by atoms with Gasteiger partial charge in [0, 0.05) is 6.04 Å². The second-order valence-electron chi connectivity index (χ2n) is 5.23. The highest BCUT2D eigenvalue weighted by atomic mass is 14.9. The van der Waals surface area contributed by atoms with Crippen molar-refractivity contribution < 1.29 is 0 Å². The van der Waals surface area contributed by atoms with E-state index in [4.69, 9.17) is 0 Å². The van der Waals surface area contributed by atoms with Crippen LogP contribution in [0.5, 0.6) is 0 Å². The minimum Gasteiger partial charge on any atom is -0.313 e. The molecule has 0 aromatic rings. The maximum atomic E-state index is 3.76. The Hall–Kier alpha value is -0.0400. The Labute approximate surface area is 82.3 Å². The molecule has 1 heteroatoms. The Bertz CT molecular complexity index is 163. The predicted octanol–water partition coefficient (Wildman–Crippen LogP) is 2.81. The van der Waals surface area contributed by atoms with Gasteiger partial charge < -0.3 is 5.32 Å². The Morgan fingerprint density at radius 1 is 1.08 bits per heavy atom. The number of nitrogens with one attached hydrogen (secondary N) is 1. The summed E-state index contributed by atoms with van der Waals surface area (Å²) in [6, 6.07) is 0.829. The lowest BCUT2D eigenvalue weighted by molar-refractivity contribution is 0.271. The first-order valence-electron chi connectivity index (χ1n) is 6.00. The summed E-state index contributed by atoms with van der Waals surface area (Å²) in [5.74, 6) is 2.86. The van der Waals surface area contributed by atoms with Gasteiger partial charge in [0.2, 0.25) is 0 Å². The van der Waals surface area contributed by atoms with Crippen LogP contribution in [-0.2, 0) is 0 Å². The lowest BCUT2D eigenvalue weighted by Crippen LogP contribution is -2.37. The van der Waals surface area contributed by atoms with Crippen molar-refractivity contribution in [3.63, 3.8) is 0 Å². The van der Waals surface area contributed by atoms with E-state index in [0.29, 0.717) is 0 Å². The zero-order valence-electron chi connectivity index (χ0n) is 9.05. The molecular weight excluding hydrogens is 158 g/mol. The van der Waals surface area contributed by atoms with Crippen LogP contribution in [0.1, 0.15) is 46.0 Å². The van der Waals surface area contributed by atoms with Gasteiger partial charge in [-0.05, 0) is 50.0 Å². The van der Waals surface area contributed by atoms with E-state index in [1.807, 2.05) is 0 Å². The van der Waals surface area contributed by atoms with Gasteiger partial charge in [-0.25, -0.2) is 0 Å². The standard InChI is InChI=1S/C12H23N/c1-9-6-7-12(10(9)2)13-8-11-4-3-5-11/h9-13H,3-8H2,1-2H3. The summed E-state index contributed by atoms with van der Waals surface area (Å²) in [6.45, 7) is 6.10. The van der Waals surface area contributed by atoms with Gasteiger partial charge >= 0.3 is 0 Å². The second-order valence-corrected chi connectivity index (χ2v) is 5.23. The third-order valence-corrected chi connectivity index (χ3v) is 4.36. The highest BCUT2D eigenvalue weighted by Gasteiger charge is 2.30. The van der Waals surface area contributed by atoms with Crippen LogP contribution >= 0.6 is 0 Å². The van der Waals surface area contributed by atoms with Gasteiger partial charge in [0.15, 0.2) is 0 Å². The monoisotopic (exact) mass is 181 g/mol. The van der Waals surface area contributed by atoms with Crippen LogP contribution in [0.2, 0.25) is 0 Å². The fourth-order valence-electron chi connectivity index (χ4n) is 2.67. The van der Waals surface area contributed by atoms with Gasteiger partial charge in [0.05, 0.1) is 0 Å². The Kier molecular flexibility index (Phi) is 2.92. The van der Waals surface area contributed by atoms with Crippen molar-refractivity contribution in [1.82, 2.24) is 5.32 Å². The first-order valence-corrected chi connectivity index (χ1v) is 6.00. The zero-order chi connectivity index (χ0) is 9.26. The van der Waals surface area contributed by atoms with E-state index in [-0.39, 0.29) is 0 Å². The van der Waals surface area contributed by atoms with E-state index in [1.165, 1.54) is 38.6 Å². The quantitative estimate of drug-likeness (QED) is 0.706. The lowest BCUT2D eigenvalue weighted by Gasteiger charge is -2.28.